The molecule has 1 aromatic heterocycles. The summed E-state index contributed by atoms with van der Waals surface area (Å²) in [5, 5.41) is 4.15. The molecule has 0 atom stereocenters. The zero-order chi connectivity index (χ0) is 7.23. The predicted molar refractivity (Wildman–Crippen MR) is 39.0 cm³/mol. The van der Waals surface area contributed by atoms with Crippen molar-refractivity contribution in [1.29, 1.82) is 0 Å². The van der Waals surface area contributed by atoms with Crippen LogP contribution >= 0.6 is 0 Å². The van der Waals surface area contributed by atoms with Crippen LogP contribution in [0.4, 0.5) is 5.82 Å². The molecule has 53 valence electrons. The zero-order valence-electron chi connectivity index (χ0n) is 5.99. The van der Waals surface area contributed by atoms with Crippen molar-refractivity contribution in [3.05, 3.63) is 18.6 Å². The third-order valence-electron chi connectivity index (χ3n) is 1.05. The van der Waals surface area contributed by atoms with Gasteiger partial charge in [0.15, 0.2) is 5.82 Å². The van der Waals surface area contributed by atoms with Crippen LogP contribution in [-0.2, 0) is 0 Å². The lowest BCUT2D eigenvalue weighted by Crippen LogP contribution is -1.99. The Morgan fingerprint density at radius 1 is 1.50 bits per heavy atom. The fourth-order valence-corrected chi connectivity index (χ4v) is 0.599. The lowest BCUT2D eigenvalue weighted by molar-refractivity contribution is 0.785. The first-order chi connectivity index (χ1) is 4.93. The van der Waals surface area contributed by atoms with E-state index in [0.29, 0.717) is 0 Å². The van der Waals surface area contributed by atoms with Crippen LogP contribution in [0.25, 0.3) is 0 Å². The fraction of sp³-hybridized carbons (Fsp3) is 0.429. The first kappa shape index (κ1) is 6.99. The van der Waals surface area contributed by atoms with Crippen molar-refractivity contribution < 1.29 is 0 Å². The number of rotatable bonds is 3. The summed E-state index contributed by atoms with van der Waals surface area (Å²) in [5.74, 6) is 0.726. The largest absolute Gasteiger partial charge is 0.265 e. The lowest BCUT2D eigenvalue weighted by atomic mass is 10.5. The van der Waals surface area contributed by atoms with Crippen molar-refractivity contribution in [2.24, 2.45) is 0 Å². The molecular weight excluding hydrogens is 126 g/mol. The van der Waals surface area contributed by atoms with E-state index in [1.165, 1.54) is 0 Å². The SMILES string of the molecule is CCC[N]c1cnccn1. The van der Waals surface area contributed by atoms with E-state index in [9.17, 15) is 0 Å². The Hall–Kier alpha value is -1.12. The van der Waals surface area contributed by atoms with E-state index in [0.717, 1.165) is 18.8 Å². The van der Waals surface area contributed by atoms with Gasteiger partial charge in [-0.15, -0.1) is 0 Å². The molecule has 3 heteroatoms. The molecule has 0 aliphatic carbocycles. The molecule has 0 fully saturated rings. The van der Waals surface area contributed by atoms with Crippen LogP contribution in [-0.4, -0.2) is 16.5 Å². The van der Waals surface area contributed by atoms with E-state index in [1.807, 2.05) is 0 Å². The predicted octanol–water partition coefficient (Wildman–Crippen LogP) is 1.12. The van der Waals surface area contributed by atoms with Crippen LogP contribution in [0.5, 0.6) is 0 Å². The van der Waals surface area contributed by atoms with Gasteiger partial charge in [-0.3, -0.25) is 10.3 Å². The van der Waals surface area contributed by atoms with Crippen LogP contribution in [0.2, 0.25) is 0 Å². The molecule has 0 saturated carbocycles. The standard InChI is InChI=1S/C7H10N3/c1-2-3-9-7-6-8-4-5-10-7/h4-6H,2-3H2,1H3. The molecule has 1 aromatic rings. The number of aromatic nitrogens is 2. The molecule has 1 rings (SSSR count). The highest BCUT2D eigenvalue weighted by Crippen LogP contribution is 1.96. The van der Waals surface area contributed by atoms with Gasteiger partial charge in [-0.1, -0.05) is 6.92 Å². The normalized spacial score (nSPS) is 9.30. The Kier molecular flexibility index (Phi) is 2.67. The topological polar surface area (TPSA) is 39.9 Å². The third-order valence-corrected chi connectivity index (χ3v) is 1.05. The van der Waals surface area contributed by atoms with Crippen molar-refractivity contribution in [3.63, 3.8) is 0 Å². The van der Waals surface area contributed by atoms with Crippen LogP contribution < -0.4 is 5.32 Å². The highest BCUT2D eigenvalue weighted by atomic mass is 15.0. The summed E-state index contributed by atoms with van der Waals surface area (Å²) < 4.78 is 0. The molecule has 0 unspecified atom stereocenters. The van der Waals surface area contributed by atoms with Gasteiger partial charge in [0.05, 0.1) is 6.20 Å². The Morgan fingerprint density at radius 3 is 3.00 bits per heavy atom. The van der Waals surface area contributed by atoms with E-state index < -0.39 is 0 Å². The summed E-state index contributed by atoms with van der Waals surface area (Å²) in [6, 6.07) is 0. The van der Waals surface area contributed by atoms with E-state index in [4.69, 9.17) is 0 Å². The molecule has 0 saturated heterocycles. The summed E-state index contributed by atoms with van der Waals surface area (Å²) in [7, 11) is 0. The van der Waals surface area contributed by atoms with Gasteiger partial charge in [0.2, 0.25) is 0 Å². The van der Waals surface area contributed by atoms with Gasteiger partial charge in [-0.2, -0.15) is 0 Å². The first-order valence-corrected chi connectivity index (χ1v) is 3.37. The molecule has 3 nitrogen and oxygen atoms in total. The molecule has 0 aliphatic rings. The molecule has 0 bridgehead atoms. The van der Waals surface area contributed by atoms with Crippen molar-refractivity contribution >= 4 is 5.82 Å². The maximum atomic E-state index is 4.15. The van der Waals surface area contributed by atoms with Crippen molar-refractivity contribution in [3.8, 4) is 0 Å². The van der Waals surface area contributed by atoms with Gasteiger partial charge in [-0.05, 0) is 6.42 Å². The van der Waals surface area contributed by atoms with Crippen LogP contribution in [0, 0.1) is 0 Å². The quantitative estimate of drug-likeness (QED) is 0.624. The van der Waals surface area contributed by atoms with Crippen LogP contribution in [0.3, 0.4) is 0 Å². The smallest absolute Gasteiger partial charge is 0.165 e. The fourth-order valence-electron chi connectivity index (χ4n) is 0.599. The molecular formula is C7H10N3. The molecule has 0 aromatic carbocycles. The van der Waals surface area contributed by atoms with E-state index in [2.05, 4.69) is 22.2 Å². The second kappa shape index (κ2) is 3.82. The molecule has 0 spiro atoms. The van der Waals surface area contributed by atoms with Gasteiger partial charge < -0.3 is 0 Å². The number of hydrogen-bond donors (Lipinski definition) is 0. The minimum absolute atomic E-state index is 0.726. The van der Waals surface area contributed by atoms with Crippen molar-refractivity contribution in [1.82, 2.24) is 15.3 Å². The van der Waals surface area contributed by atoms with Gasteiger partial charge in [0.1, 0.15) is 0 Å². The maximum Gasteiger partial charge on any atom is 0.165 e. The molecule has 0 aliphatic heterocycles. The molecule has 0 N–H and O–H groups in total. The second-order valence-electron chi connectivity index (χ2n) is 1.95. The summed E-state index contributed by atoms with van der Waals surface area (Å²) >= 11 is 0. The Bertz CT molecular complexity index is 173. The van der Waals surface area contributed by atoms with Gasteiger partial charge in [0, 0.05) is 18.9 Å². The molecule has 10 heavy (non-hydrogen) atoms. The Morgan fingerprint density at radius 2 is 2.40 bits per heavy atom. The third kappa shape index (κ3) is 2.01. The highest BCUT2D eigenvalue weighted by Gasteiger charge is 1.89. The van der Waals surface area contributed by atoms with E-state index in [1.54, 1.807) is 18.6 Å². The van der Waals surface area contributed by atoms with E-state index in [-0.39, 0.29) is 0 Å². The minimum Gasteiger partial charge on any atom is -0.265 e. The monoisotopic (exact) mass is 136 g/mol. The number of nitrogens with zero attached hydrogens (tertiary/aromatic N) is 3. The van der Waals surface area contributed by atoms with Crippen LogP contribution in [0.1, 0.15) is 13.3 Å². The first-order valence-electron chi connectivity index (χ1n) is 3.37. The average molecular weight is 136 g/mol. The molecule has 1 heterocycles. The summed E-state index contributed by atoms with van der Waals surface area (Å²) in [6.07, 6.45) is 6.01. The van der Waals surface area contributed by atoms with Crippen molar-refractivity contribution in [2.75, 3.05) is 6.54 Å². The summed E-state index contributed by atoms with van der Waals surface area (Å²) in [5.41, 5.74) is 0. The van der Waals surface area contributed by atoms with E-state index >= 15 is 0 Å². The Labute approximate surface area is 60.5 Å². The summed E-state index contributed by atoms with van der Waals surface area (Å²) in [4.78, 5) is 7.87. The Balaban J connectivity index is 2.43. The molecule has 0 amide bonds. The maximum absolute atomic E-state index is 4.15. The second-order valence-corrected chi connectivity index (χ2v) is 1.95. The minimum atomic E-state index is 0.726. The van der Waals surface area contributed by atoms with Crippen LogP contribution in [0.15, 0.2) is 18.6 Å². The average Bonchev–Trinajstić information content (AvgIpc) is 2.03. The van der Waals surface area contributed by atoms with Gasteiger partial charge in [-0.25, -0.2) is 4.98 Å². The zero-order valence-corrected chi connectivity index (χ0v) is 5.99. The van der Waals surface area contributed by atoms with Crippen molar-refractivity contribution in [2.45, 2.75) is 13.3 Å². The van der Waals surface area contributed by atoms with Gasteiger partial charge in [0.25, 0.3) is 0 Å². The highest BCUT2D eigenvalue weighted by molar-refractivity contribution is 5.18. The number of hydrogen-bond acceptors (Lipinski definition) is 2. The lowest BCUT2D eigenvalue weighted by Gasteiger charge is -1.96. The summed E-state index contributed by atoms with van der Waals surface area (Å²) in [6.45, 7) is 2.92. The molecule has 1 radical (unpaired) electrons. The van der Waals surface area contributed by atoms with Gasteiger partial charge >= 0.3 is 0 Å².